The Kier molecular flexibility index (Phi) is 4.74. The minimum atomic E-state index is 0.110. The minimum absolute atomic E-state index is 0.110. The van der Waals surface area contributed by atoms with E-state index in [1.807, 2.05) is 0 Å². The maximum Gasteiger partial charge on any atom is 0.0696 e. The van der Waals surface area contributed by atoms with Gasteiger partial charge in [0, 0.05) is 17.0 Å². The lowest BCUT2D eigenvalue weighted by atomic mass is 9.81. The average Bonchev–Trinajstić information content (AvgIpc) is 3.21. The fraction of sp³-hybridized carbons (Fsp3) is 0.121. The van der Waals surface area contributed by atoms with Gasteiger partial charge in [0.25, 0.3) is 0 Å². The number of fused-ring (bicyclic) bond motifs is 4. The Balaban J connectivity index is 1.67. The van der Waals surface area contributed by atoms with Crippen LogP contribution in [0, 0.1) is 26.2 Å². The average molecular weight is 438 g/mol. The molecule has 0 fully saturated rings. The zero-order chi connectivity index (χ0) is 23.4. The molecule has 0 atom stereocenters. The van der Waals surface area contributed by atoms with Crippen molar-refractivity contribution in [2.24, 2.45) is 0 Å². The van der Waals surface area contributed by atoms with E-state index >= 15 is 0 Å². The van der Waals surface area contributed by atoms with Crippen LogP contribution in [0.1, 0.15) is 50.4 Å². The van der Waals surface area contributed by atoms with Crippen LogP contribution < -0.4 is 0 Å². The fourth-order valence-electron chi connectivity index (χ4n) is 5.66. The summed E-state index contributed by atoms with van der Waals surface area (Å²) < 4.78 is 0. The van der Waals surface area contributed by atoms with Crippen molar-refractivity contribution in [3.05, 3.63) is 142 Å². The largest absolute Gasteiger partial charge is 0.300 e. The Labute approximate surface area is 201 Å². The van der Waals surface area contributed by atoms with Crippen molar-refractivity contribution in [3.8, 4) is 11.1 Å². The molecule has 0 amide bonds. The smallest absolute Gasteiger partial charge is 0.0696 e. The number of aryl methyl sites for hydroxylation is 1. The summed E-state index contributed by atoms with van der Waals surface area (Å²) in [5.41, 5.74) is 12.8. The Morgan fingerprint density at radius 3 is 1.91 bits per heavy atom. The number of hydrogen-bond donors (Lipinski definition) is 1. The third-order valence-corrected chi connectivity index (χ3v) is 7.68. The zero-order valence-electron chi connectivity index (χ0n) is 19.8. The van der Waals surface area contributed by atoms with Crippen LogP contribution in [0.15, 0.2) is 97.1 Å². The van der Waals surface area contributed by atoms with E-state index in [9.17, 15) is 5.41 Å². The molecule has 0 heterocycles. The van der Waals surface area contributed by atoms with Gasteiger partial charge in [-0.05, 0) is 76.1 Å². The van der Waals surface area contributed by atoms with Crippen LogP contribution >= 0.6 is 0 Å². The van der Waals surface area contributed by atoms with Crippen LogP contribution in [0.3, 0.4) is 0 Å². The Hall–Kier alpha value is -3.97. The second kappa shape index (κ2) is 7.81. The normalized spacial score (nSPS) is 12.6. The molecule has 1 heteroatoms. The van der Waals surface area contributed by atoms with Gasteiger partial charge < -0.3 is 0 Å². The van der Waals surface area contributed by atoms with Crippen molar-refractivity contribution >= 4 is 16.5 Å². The molecule has 5 aromatic carbocycles. The summed E-state index contributed by atoms with van der Waals surface area (Å²) in [5.74, 6) is 0.110. The maximum atomic E-state index is 9.53. The van der Waals surface area contributed by atoms with E-state index in [4.69, 9.17) is 0 Å². The highest BCUT2D eigenvalue weighted by Crippen LogP contribution is 2.49. The van der Waals surface area contributed by atoms with Gasteiger partial charge >= 0.3 is 0 Å². The van der Waals surface area contributed by atoms with Gasteiger partial charge in [-0.3, -0.25) is 5.41 Å². The summed E-state index contributed by atoms with van der Waals surface area (Å²) in [6, 6.07) is 34.7. The summed E-state index contributed by atoms with van der Waals surface area (Å²) in [6.07, 6.45) is 0. The molecule has 1 aliphatic rings. The summed E-state index contributed by atoms with van der Waals surface area (Å²) >= 11 is 0. The highest BCUT2D eigenvalue weighted by atomic mass is 14.5. The lowest BCUT2D eigenvalue weighted by Crippen LogP contribution is -2.12. The first kappa shape index (κ1) is 20.6. The van der Waals surface area contributed by atoms with E-state index in [-0.39, 0.29) is 5.92 Å². The van der Waals surface area contributed by atoms with Crippen molar-refractivity contribution in [2.75, 3.05) is 0 Å². The quantitative estimate of drug-likeness (QED) is 0.269. The van der Waals surface area contributed by atoms with E-state index in [1.54, 1.807) is 0 Å². The Morgan fingerprint density at radius 2 is 1.21 bits per heavy atom. The van der Waals surface area contributed by atoms with Crippen molar-refractivity contribution in [1.82, 2.24) is 0 Å². The van der Waals surface area contributed by atoms with E-state index in [0.717, 1.165) is 16.5 Å². The Morgan fingerprint density at radius 1 is 0.588 bits per heavy atom. The lowest BCUT2D eigenvalue weighted by Gasteiger charge is -2.22. The number of hydrogen-bond acceptors (Lipinski definition) is 1. The van der Waals surface area contributed by atoms with Crippen LogP contribution in [-0.4, -0.2) is 5.71 Å². The number of benzene rings is 5. The predicted molar refractivity (Wildman–Crippen MR) is 143 cm³/mol. The Bertz CT molecular complexity index is 1560. The van der Waals surface area contributed by atoms with Crippen LogP contribution in [-0.2, 0) is 0 Å². The maximum absolute atomic E-state index is 9.53. The topological polar surface area (TPSA) is 23.9 Å². The molecule has 1 aliphatic carbocycles. The summed E-state index contributed by atoms with van der Waals surface area (Å²) in [7, 11) is 0. The van der Waals surface area contributed by atoms with E-state index in [2.05, 4.69) is 118 Å². The van der Waals surface area contributed by atoms with Crippen molar-refractivity contribution in [1.29, 1.82) is 5.41 Å². The highest BCUT2D eigenvalue weighted by molar-refractivity contribution is 6.20. The van der Waals surface area contributed by atoms with Gasteiger partial charge in [-0.25, -0.2) is 0 Å². The van der Waals surface area contributed by atoms with Gasteiger partial charge in [0.05, 0.1) is 5.71 Å². The van der Waals surface area contributed by atoms with Gasteiger partial charge in [-0.15, -0.1) is 0 Å². The monoisotopic (exact) mass is 437 g/mol. The van der Waals surface area contributed by atoms with E-state index in [0.29, 0.717) is 5.71 Å². The first-order valence-corrected chi connectivity index (χ1v) is 11.9. The summed E-state index contributed by atoms with van der Waals surface area (Å²) in [4.78, 5) is 0. The van der Waals surface area contributed by atoms with E-state index in [1.165, 1.54) is 49.9 Å². The summed E-state index contributed by atoms with van der Waals surface area (Å²) in [5, 5.41) is 11.8. The standard InChI is InChI=1S/C33H27N/c1-20-16-18-24(22(3)21(20)2)33(34)32-25-11-5-4-10-23(25)17-19-30(32)31-28-14-8-6-12-26(28)27-13-7-9-15-29(27)31/h4-19,31,34H,1-3H3. The molecule has 1 nitrogen and oxygen atoms in total. The molecule has 0 unspecified atom stereocenters. The third kappa shape index (κ3) is 2.97. The number of nitrogens with one attached hydrogen (secondary N) is 1. The molecule has 0 radical (unpaired) electrons. The molecule has 0 bridgehead atoms. The second-order valence-corrected chi connectivity index (χ2v) is 9.41. The molecule has 164 valence electrons. The second-order valence-electron chi connectivity index (χ2n) is 9.41. The van der Waals surface area contributed by atoms with Gasteiger partial charge in [-0.1, -0.05) is 97.1 Å². The number of rotatable bonds is 3. The highest BCUT2D eigenvalue weighted by Gasteiger charge is 2.32. The molecular formula is C33H27N. The molecular weight excluding hydrogens is 410 g/mol. The molecule has 1 N–H and O–H groups in total. The molecule has 6 rings (SSSR count). The van der Waals surface area contributed by atoms with Crippen LogP contribution in [0.2, 0.25) is 0 Å². The first-order valence-electron chi connectivity index (χ1n) is 11.9. The van der Waals surface area contributed by atoms with Crippen molar-refractivity contribution in [2.45, 2.75) is 26.7 Å². The third-order valence-electron chi connectivity index (χ3n) is 7.68. The van der Waals surface area contributed by atoms with Gasteiger partial charge in [0.2, 0.25) is 0 Å². The van der Waals surface area contributed by atoms with Gasteiger partial charge in [-0.2, -0.15) is 0 Å². The fourth-order valence-corrected chi connectivity index (χ4v) is 5.66. The predicted octanol–water partition coefficient (Wildman–Crippen LogP) is 8.34. The molecule has 0 aromatic heterocycles. The van der Waals surface area contributed by atoms with Gasteiger partial charge in [0.15, 0.2) is 0 Å². The molecule has 0 saturated heterocycles. The van der Waals surface area contributed by atoms with Crippen LogP contribution in [0.4, 0.5) is 0 Å². The van der Waals surface area contributed by atoms with Gasteiger partial charge in [0.1, 0.15) is 0 Å². The minimum Gasteiger partial charge on any atom is -0.300 e. The van der Waals surface area contributed by atoms with Crippen LogP contribution in [0.25, 0.3) is 21.9 Å². The summed E-state index contributed by atoms with van der Waals surface area (Å²) in [6.45, 7) is 6.46. The SMILES string of the molecule is Cc1ccc(C(=N)c2c(C3c4ccccc4-c4ccccc43)ccc3ccccc23)c(C)c1C. The first-order chi connectivity index (χ1) is 16.6. The molecule has 5 aromatic rings. The molecule has 0 saturated carbocycles. The van der Waals surface area contributed by atoms with Crippen molar-refractivity contribution < 1.29 is 0 Å². The molecule has 34 heavy (non-hydrogen) atoms. The zero-order valence-corrected chi connectivity index (χ0v) is 19.8. The molecule has 0 aliphatic heterocycles. The van der Waals surface area contributed by atoms with Crippen molar-refractivity contribution in [3.63, 3.8) is 0 Å². The van der Waals surface area contributed by atoms with Crippen LogP contribution in [0.5, 0.6) is 0 Å². The molecule has 0 spiro atoms. The van der Waals surface area contributed by atoms with E-state index < -0.39 is 0 Å². The lowest BCUT2D eigenvalue weighted by molar-refractivity contribution is 1.01.